The first-order valence-corrected chi connectivity index (χ1v) is 9.58. The number of aromatic nitrogens is 2. The van der Waals surface area contributed by atoms with E-state index < -0.39 is 0 Å². The molecule has 1 aliphatic rings. The van der Waals surface area contributed by atoms with Crippen molar-refractivity contribution in [3.63, 3.8) is 0 Å². The van der Waals surface area contributed by atoms with Crippen LogP contribution in [0.5, 0.6) is 5.75 Å². The number of likely N-dealkylation sites (tertiary alicyclic amines) is 1. The van der Waals surface area contributed by atoms with Crippen molar-refractivity contribution in [2.45, 2.75) is 25.3 Å². The average molecular weight is 398 g/mol. The van der Waals surface area contributed by atoms with Gasteiger partial charge in [0.05, 0.1) is 12.4 Å². The zero-order chi connectivity index (χ0) is 19.3. The number of halogens is 1. The highest BCUT2D eigenvalue weighted by atomic mass is 35.5. The Hall–Kier alpha value is -2.86. The second kappa shape index (κ2) is 8.44. The Morgan fingerprint density at radius 3 is 3.04 bits per heavy atom. The minimum Gasteiger partial charge on any atom is -0.482 e. The van der Waals surface area contributed by atoms with Gasteiger partial charge in [-0.1, -0.05) is 23.7 Å². The van der Waals surface area contributed by atoms with E-state index in [0.717, 1.165) is 24.2 Å². The van der Waals surface area contributed by atoms with Crippen LogP contribution in [-0.2, 0) is 11.2 Å². The summed E-state index contributed by atoms with van der Waals surface area (Å²) in [5.41, 5.74) is 1.06. The number of hydrogen-bond acceptors (Lipinski definition) is 5. The molecule has 7 heteroatoms. The maximum atomic E-state index is 12.6. The summed E-state index contributed by atoms with van der Waals surface area (Å²) in [5.74, 6) is 1.82. The van der Waals surface area contributed by atoms with Crippen molar-refractivity contribution in [3.8, 4) is 5.75 Å². The summed E-state index contributed by atoms with van der Waals surface area (Å²) >= 11 is 6.04. The summed E-state index contributed by atoms with van der Waals surface area (Å²) in [6.07, 6.45) is 7.33. The first-order valence-electron chi connectivity index (χ1n) is 9.20. The Balaban J connectivity index is 1.40. The summed E-state index contributed by atoms with van der Waals surface area (Å²) in [4.78, 5) is 22.8. The van der Waals surface area contributed by atoms with Crippen LogP contribution < -0.4 is 4.74 Å². The van der Waals surface area contributed by atoms with E-state index in [1.165, 1.54) is 0 Å². The molecular weight excluding hydrogens is 378 g/mol. The van der Waals surface area contributed by atoms with E-state index in [1.807, 2.05) is 24.3 Å². The third-order valence-electron chi connectivity index (χ3n) is 4.69. The summed E-state index contributed by atoms with van der Waals surface area (Å²) in [6, 6.07) is 11.0. The highest BCUT2D eigenvalue weighted by molar-refractivity contribution is 6.30. The predicted octanol–water partition coefficient (Wildman–Crippen LogP) is 4.06. The summed E-state index contributed by atoms with van der Waals surface area (Å²) in [6.45, 7) is 0.643. The largest absolute Gasteiger partial charge is 0.482 e. The molecule has 6 nitrogen and oxygen atoms in total. The maximum Gasteiger partial charge on any atom is 0.261 e. The summed E-state index contributed by atoms with van der Waals surface area (Å²) in [7, 11) is 0. The second-order valence-electron chi connectivity index (χ2n) is 6.69. The molecule has 1 amide bonds. The van der Waals surface area contributed by atoms with Crippen molar-refractivity contribution in [1.82, 2.24) is 14.9 Å². The lowest BCUT2D eigenvalue weighted by atomic mass is 10.1. The van der Waals surface area contributed by atoms with Gasteiger partial charge in [0.15, 0.2) is 6.61 Å². The Labute approximate surface area is 168 Å². The van der Waals surface area contributed by atoms with E-state index in [1.54, 1.807) is 35.6 Å². The third-order valence-corrected chi connectivity index (χ3v) is 4.93. The van der Waals surface area contributed by atoms with Crippen LogP contribution in [0.2, 0.25) is 5.02 Å². The van der Waals surface area contributed by atoms with Gasteiger partial charge < -0.3 is 14.1 Å². The number of amides is 1. The fourth-order valence-electron chi connectivity index (χ4n) is 3.39. The van der Waals surface area contributed by atoms with E-state index in [4.69, 9.17) is 20.8 Å². The van der Waals surface area contributed by atoms with Crippen molar-refractivity contribution in [2.75, 3.05) is 13.2 Å². The molecule has 1 aromatic carbocycles. The van der Waals surface area contributed by atoms with Gasteiger partial charge in [-0.05, 0) is 42.7 Å². The molecule has 0 bridgehead atoms. The molecule has 3 heterocycles. The molecule has 1 atom stereocenters. The second-order valence-corrected chi connectivity index (χ2v) is 7.13. The third kappa shape index (κ3) is 4.34. The first kappa shape index (κ1) is 18.5. The van der Waals surface area contributed by atoms with E-state index in [9.17, 15) is 4.79 Å². The molecular formula is C21H20ClN3O3. The molecule has 3 aromatic rings. The van der Waals surface area contributed by atoms with Gasteiger partial charge in [-0.25, -0.2) is 4.98 Å². The minimum atomic E-state index is -0.155. The zero-order valence-electron chi connectivity index (χ0n) is 15.3. The molecule has 28 heavy (non-hydrogen) atoms. The predicted molar refractivity (Wildman–Crippen MR) is 104 cm³/mol. The lowest BCUT2D eigenvalue weighted by molar-refractivity contribution is -0.134. The molecule has 1 unspecified atom stereocenters. The number of pyridine rings is 1. The molecule has 1 saturated heterocycles. The van der Waals surface area contributed by atoms with Gasteiger partial charge in [0.2, 0.25) is 5.89 Å². The first-order chi connectivity index (χ1) is 13.7. The number of benzene rings is 1. The fourth-order valence-corrected chi connectivity index (χ4v) is 3.60. The van der Waals surface area contributed by atoms with E-state index >= 15 is 0 Å². The fraction of sp³-hybridized carbons (Fsp3) is 0.286. The van der Waals surface area contributed by atoms with Gasteiger partial charge in [-0.15, -0.1) is 0 Å². The van der Waals surface area contributed by atoms with Gasteiger partial charge in [0, 0.05) is 24.2 Å². The van der Waals surface area contributed by atoms with Crippen molar-refractivity contribution >= 4 is 17.5 Å². The van der Waals surface area contributed by atoms with Crippen molar-refractivity contribution in [3.05, 3.63) is 77.2 Å². The van der Waals surface area contributed by atoms with Crippen LogP contribution in [0.3, 0.4) is 0 Å². The lowest BCUT2D eigenvalue weighted by Crippen LogP contribution is -2.34. The Morgan fingerprint density at radius 1 is 1.29 bits per heavy atom. The SMILES string of the molecule is O=C(COc1cccnc1)N1CCCC1c1ncc(Cc2cccc(Cl)c2)o1. The molecule has 144 valence electrons. The van der Waals surface area contributed by atoms with Gasteiger partial charge >= 0.3 is 0 Å². The van der Waals surface area contributed by atoms with Crippen molar-refractivity contribution in [2.24, 2.45) is 0 Å². The Kier molecular flexibility index (Phi) is 5.58. The topological polar surface area (TPSA) is 68.5 Å². The normalized spacial score (nSPS) is 16.3. The van der Waals surface area contributed by atoms with Gasteiger partial charge in [0.1, 0.15) is 17.6 Å². The van der Waals surface area contributed by atoms with Crippen LogP contribution >= 0.6 is 11.6 Å². The molecule has 0 radical (unpaired) electrons. The van der Waals surface area contributed by atoms with E-state index in [2.05, 4.69) is 9.97 Å². The molecule has 0 saturated carbocycles. The van der Waals surface area contributed by atoms with Crippen LogP contribution in [0, 0.1) is 0 Å². The van der Waals surface area contributed by atoms with Crippen LogP contribution in [-0.4, -0.2) is 33.9 Å². The monoisotopic (exact) mass is 397 g/mol. The van der Waals surface area contributed by atoms with E-state index in [0.29, 0.717) is 29.6 Å². The van der Waals surface area contributed by atoms with Crippen LogP contribution in [0.1, 0.15) is 36.1 Å². The highest BCUT2D eigenvalue weighted by Gasteiger charge is 2.33. The summed E-state index contributed by atoms with van der Waals surface area (Å²) < 4.78 is 11.5. The van der Waals surface area contributed by atoms with Crippen LogP contribution in [0.25, 0.3) is 0 Å². The highest BCUT2D eigenvalue weighted by Crippen LogP contribution is 2.32. The van der Waals surface area contributed by atoms with Crippen molar-refractivity contribution in [1.29, 1.82) is 0 Å². The Morgan fingerprint density at radius 2 is 2.21 bits per heavy atom. The van der Waals surface area contributed by atoms with Gasteiger partial charge in [-0.3, -0.25) is 9.78 Å². The molecule has 0 N–H and O–H groups in total. The maximum absolute atomic E-state index is 12.6. The van der Waals surface area contributed by atoms with E-state index in [-0.39, 0.29) is 18.6 Å². The molecule has 2 aromatic heterocycles. The quantitative estimate of drug-likeness (QED) is 0.627. The molecule has 1 fully saturated rings. The number of carbonyl (C=O) groups is 1. The number of hydrogen-bond donors (Lipinski definition) is 0. The number of nitrogens with zero attached hydrogens (tertiary/aromatic N) is 3. The minimum absolute atomic E-state index is 0.0295. The smallest absolute Gasteiger partial charge is 0.261 e. The Bertz CT molecular complexity index is 945. The van der Waals surface area contributed by atoms with Crippen molar-refractivity contribution < 1.29 is 13.9 Å². The standard InChI is InChI=1S/C21H20ClN3O3/c22-16-5-1-4-15(10-16)11-18-13-24-21(28-18)19-7-3-9-25(19)20(26)14-27-17-6-2-8-23-12-17/h1-2,4-6,8,10,12-13,19H,3,7,9,11,14H2. The molecule has 0 aliphatic carbocycles. The molecule has 0 spiro atoms. The average Bonchev–Trinajstić information content (AvgIpc) is 3.36. The lowest BCUT2D eigenvalue weighted by Gasteiger charge is -2.22. The number of rotatable bonds is 6. The summed E-state index contributed by atoms with van der Waals surface area (Å²) in [5, 5.41) is 0.693. The number of oxazole rings is 1. The molecule has 4 rings (SSSR count). The molecule has 1 aliphatic heterocycles. The van der Waals surface area contributed by atoms with Gasteiger partial charge in [0.25, 0.3) is 5.91 Å². The number of ether oxygens (including phenoxy) is 1. The number of carbonyl (C=O) groups excluding carboxylic acids is 1. The zero-order valence-corrected chi connectivity index (χ0v) is 16.0. The van der Waals surface area contributed by atoms with Crippen LogP contribution in [0.15, 0.2) is 59.4 Å². The van der Waals surface area contributed by atoms with Gasteiger partial charge in [-0.2, -0.15) is 0 Å². The van der Waals surface area contributed by atoms with Crippen LogP contribution in [0.4, 0.5) is 0 Å².